The summed E-state index contributed by atoms with van der Waals surface area (Å²) in [6, 6.07) is 7.72. The quantitative estimate of drug-likeness (QED) is 0.891. The van der Waals surface area contributed by atoms with Crippen LogP contribution >= 0.6 is 11.3 Å². The van der Waals surface area contributed by atoms with Crippen LogP contribution < -0.4 is 10.2 Å². The molecule has 2 amide bonds. The normalized spacial score (nSPS) is 17.4. The predicted octanol–water partition coefficient (Wildman–Crippen LogP) is 3.04. The number of nitrogens with one attached hydrogen (secondary N) is 1. The van der Waals surface area contributed by atoms with Gasteiger partial charge in [0.1, 0.15) is 5.01 Å². The molecule has 1 aromatic heterocycles. The Balaban J connectivity index is 1.65. The Hall–Kier alpha value is -2.28. The van der Waals surface area contributed by atoms with E-state index in [0.717, 1.165) is 22.7 Å². The fourth-order valence-electron chi connectivity index (χ4n) is 2.93. The molecule has 0 unspecified atom stereocenters. The van der Waals surface area contributed by atoms with Crippen molar-refractivity contribution in [3.05, 3.63) is 34.8 Å². The summed E-state index contributed by atoms with van der Waals surface area (Å²) in [6.45, 7) is 6.59. The van der Waals surface area contributed by atoms with Crippen molar-refractivity contribution in [2.45, 2.75) is 33.6 Å². The lowest BCUT2D eigenvalue weighted by Crippen LogP contribution is -2.28. The summed E-state index contributed by atoms with van der Waals surface area (Å²) < 4.78 is 0. The molecule has 1 atom stereocenters. The summed E-state index contributed by atoms with van der Waals surface area (Å²) >= 11 is 1.40. The zero-order valence-corrected chi connectivity index (χ0v) is 15.5. The minimum atomic E-state index is -0.371. The van der Waals surface area contributed by atoms with E-state index in [1.165, 1.54) is 11.3 Å². The molecule has 1 aliphatic heterocycles. The third-order valence-electron chi connectivity index (χ3n) is 4.18. The van der Waals surface area contributed by atoms with Crippen LogP contribution in [0.1, 0.15) is 30.8 Å². The standard InChI is InChI=1S/C18H22N4O2S/c1-11(2)8-15-20-21-18(25-15)19-17(24)13-9-16(23)22(10-13)14-7-5-4-6-12(14)3/h4-7,11,13H,8-10H2,1-3H3,(H,19,21,24)/t13-/m0/s1. The molecule has 1 saturated heterocycles. The molecule has 2 heterocycles. The third-order valence-corrected chi connectivity index (χ3v) is 5.04. The maximum atomic E-state index is 12.5. The number of carbonyl (C=O) groups is 2. The van der Waals surface area contributed by atoms with Crippen molar-refractivity contribution in [1.29, 1.82) is 0 Å². The van der Waals surface area contributed by atoms with E-state index in [-0.39, 0.29) is 24.2 Å². The first-order chi connectivity index (χ1) is 11.9. The van der Waals surface area contributed by atoms with Crippen molar-refractivity contribution < 1.29 is 9.59 Å². The van der Waals surface area contributed by atoms with Crippen LogP contribution in [0.25, 0.3) is 0 Å². The lowest BCUT2D eigenvalue weighted by atomic mass is 10.1. The Bertz CT molecular complexity index is 787. The van der Waals surface area contributed by atoms with Crippen molar-refractivity contribution in [1.82, 2.24) is 10.2 Å². The summed E-state index contributed by atoms with van der Waals surface area (Å²) in [4.78, 5) is 26.5. The molecule has 0 aliphatic carbocycles. The van der Waals surface area contributed by atoms with E-state index in [9.17, 15) is 9.59 Å². The summed E-state index contributed by atoms with van der Waals surface area (Å²) in [6.07, 6.45) is 1.06. The van der Waals surface area contributed by atoms with E-state index in [2.05, 4.69) is 29.4 Å². The molecule has 1 aromatic carbocycles. The summed E-state index contributed by atoms with van der Waals surface area (Å²) in [5, 5.41) is 12.4. The Morgan fingerprint density at radius 1 is 1.36 bits per heavy atom. The van der Waals surface area contributed by atoms with Gasteiger partial charge < -0.3 is 10.2 Å². The van der Waals surface area contributed by atoms with Gasteiger partial charge in [-0.15, -0.1) is 10.2 Å². The highest BCUT2D eigenvalue weighted by molar-refractivity contribution is 7.15. The average molecular weight is 358 g/mol. The SMILES string of the molecule is Cc1ccccc1N1C[C@@H](C(=O)Nc2nnc(CC(C)C)s2)CC1=O. The second kappa shape index (κ2) is 7.31. The minimum Gasteiger partial charge on any atom is -0.311 e. The first kappa shape index (κ1) is 17.5. The second-order valence-corrected chi connectivity index (χ2v) is 7.84. The number of rotatable bonds is 5. The van der Waals surface area contributed by atoms with Crippen molar-refractivity contribution in [3.63, 3.8) is 0 Å². The van der Waals surface area contributed by atoms with Gasteiger partial charge in [0.15, 0.2) is 0 Å². The molecule has 3 rings (SSSR count). The van der Waals surface area contributed by atoms with Crippen LogP contribution in [0.15, 0.2) is 24.3 Å². The lowest BCUT2D eigenvalue weighted by molar-refractivity contribution is -0.122. The van der Waals surface area contributed by atoms with Gasteiger partial charge in [0.2, 0.25) is 16.9 Å². The molecule has 0 spiro atoms. The Labute approximate surface area is 151 Å². The number of hydrogen-bond acceptors (Lipinski definition) is 5. The number of aryl methyl sites for hydroxylation is 1. The first-order valence-electron chi connectivity index (χ1n) is 8.43. The highest BCUT2D eigenvalue weighted by Crippen LogP contribution is 2.28. The molecule has 132 valence electrons. The third kappa shape index (κ3) is 4.04. The zero-order valence-electron chi connectivity index (χ0n) is 14.7. The minimum absolute atomic E-state index is 0.0211. The van der Waals surface area contributed by atoms with Crippen molar-refractivity contribution in [3.8, 4) is 0 Å². The largest absolute Gasteiger partial charge is 0.311 e. The number of amides is 2. The fourth-order valence-corrected chi connectivity index (χ4v) is 3.88. The van der Waals surface area contributed by atoms with Gasteiger partial charge in [0.25, 0.3) is 0 Å². The topological polar surface area (TPSA) is 75.2 Å². The molecule has 0 saturated carbocycles. The highest BCUT2D eigenvalue weighted by atomic mass is 32.1. The van der Waals surface area contributed by atoms with E-state index in [4.69, 9.17) is 0 Å². The number of anilines is 2. The Kier molecular flexibility index (Phi) is 5.13. The van der Waals surface area contributed by atoms with Gasteiger partial charge >= 0.3 is 0 Å². The molecular formula is C18H22N4O2S. The molecule has 6 nitrogen and oxygen atoms in total. The van der Waals surface area contributed by atoms with Crippen LogP contribution in [-0.2, 0) is 16.0 Å². The number of benzene rings is 1. The van der Waals surface area contributed by atoms with Gasteiger partial charge in [-0.3, -0.25) is 9.59 Å². The van der Waals surface area contributed by atoms with E-state index in [1.807, 2.05) is 31.2 Å². The Morgan fingerprint density at radius 2 is 2.12 bits per heavy atom. The molecule has 0 bridgehead atoms. The van der Waals surface area contributed by atoms with E-state index in [0.29, 0.717) is 17.6 Å². The molecule has 7 heteroatoms. The summed E-state index contributed by atoms with van der Waals surface area (Å²) in [5.74, 6) is -0.0694. The van der Waals surface area contributed by atoms with Crippen molar-refractivity contribution in [2.24, 2.45) is 11.8 Å². The molecule has 0 radical (unpaired) electrons. The first-order valence-corrected chi connectivity index (χ1v) is 9.25. The number of para-hydroxylation sites is 1. The molecule has 2 aromatic rings. The van der Waals surface area contributed by atoms with Gasteiger partial charge in [-0.05, 0) is 24.5 Å². The van der Waals surface area contributed by atoms with Gasteiger partial charge in [-0.2, -0.15) is 0 Å². The van der Waals surface area contributed by atoms with Crippen LogP contribution in [0.5, 0.6) is 0 Å². The average Bonchev–Trinajstić information content (AvgIpc) is 3.14. The van der Waals surface area contributed by atoms with Crippen molar-refractivity contribution in [2.75, 3.05) is 16.8 Å². The van der Waals surface area contributed by atoms with E-state index >= 15 is 0 Å². The van der Waals surface area contributed by atoms with E-state index in [1.54, 1.807) is 4.90 Å². The van der Waals surface area contributed by atoms with Gasteiger partial charge in [0, 0.05) is 25.1 Å². The van der Waals surface area contributed by atoms with Crippen LogP contribution in [0, 0.1) is 18.8 Å². The monoisotopic (exact) mass is 358 g/mol. The predicted molar refractivity (Wildman–Crippen MR) is 98.7 cm³/mol. The summed E-state index contributed by atoms with van der Waals surface area (Å²) in [7, 11) is 0. The second-order valence-electron chi connectivity index (χ2n) is 6.78. The maximum absolute atomic E-state index is 12.5. The number of aromatic nitrogens is 2. The Morgan fingerprint density at radius 3 is 2.84 bits per heavy atom. The zero-order chi connectivity index (χ0) is 18.0. The van der Waals surface area contributed by atoms with Gasteiger partial charge in [-0.25, -0.2) is 0 Å². The smallest absolute Gasteiger partial charge is 0.231 e. The van der Waals surface area contributed by atoms with Crippen LogP contribution in [0.3, 0.4) is 0 Å². The number of carbonyl (C=O) groups excluding carboxylic acids is 2. The van der Waals surface area contributed by atoms with Gasteiger partial charge in [-0.1, -0.05) is 43.4 Å². The summed E-state index contributed by atoms with van der Waals surface area (Å²) in [5.41, 5.74) is 1.90. The number of nitrogens with zero attached hydrogens (tertiary/aromatic N) is 3. The number of hydrogen-bond donors (Lipinski definition) is 1. The van der Waals surface area contributed by atoms with Crippen LogP contribution in [-0.4, -0.2) is 28.6 Å². The molecule has 1 fully saturated rings. The molecular weight excluding hydrogens is 336 g/mol. The lowest BCUT2D eigenvalue weighted by Gasteiger charge is -2.18. The fraction of sp³-hybridized carbons (Fsp3) is 0.444. The van der Waals surface area contributed by atoms with Crippen molar-refractivity contribution >= 4 is 34.0 Å². The molecule has 1 aliphatic rings. The highest BCUT2D eigenvalue weighted by Gasteiger charge is 2.35. The van der Waals surface area contributed by atoms with Gasteiger partial charge in [0.05, 0.1) is 5.92 Å². The van der Waals surface area contributed by atoms with Crippen LogP contribution in [0.4, 0.5) is 10.8 Å². The maximum Gasteiger partial charge on any atom is 0.231 e. The van der Waals surface area contributed by atoms with E-state index < -0.39 is 0 Å². The molecule has 25 heavy (non-hydrogen) atoms. The van der Waals surface area contributed by atoms with Crippen LogP contribution in [0.2, 0.25) is 0 Å². The molecule has 1 N–H and O–H groups in total.